The lowest BCUT2D eigenvalue weighted by Gasteiger charge is -2.22. The van der Waals surface area contributed by atoms with Gasteiger partial charge in [0, 0.05) is 24.0 Å². The fraction of sp³-hybridized carbons (Fsp3) is 0.450. The smallest absolute Gasteiger partial charge is 0.257 e. The Bertz CT molecular complexity index is 820. The number of hydrogen-bond donors (Lipinski definition) is 2. The van der Waals surface area contributed by atoms with E-state index in [0.717, 1.165) is 25.9 Å². The zero-order chi connectivity index (χ0) is 19.4. The van der Waals surface area contributed by atoms with Crippen molar-refractivity contribution in [1.29, 1.82) is 0 Å². The third-order valence-corrected chi connectivity index (χ3v) is 5.60. The van der Waals surface area contributed by atoms with Crippen LogP contribution < -0.4 is 5.32 Å². The highest BCUT2D eigenvalue weighted by Gasteiger charge is 2.23. The van der Waals surface area contributed by atoms with Crippen LogP contribution in [0, 0.1) is 11.8 Å². The van der Waals surface area contributed by atoms with Crippen LogP contribution in [0.1, 0.15) is 42.7 Å². The van der Waals surface area contributed by atoms with Crippen molar-refractivity contribution in [2.75, 3.05) is 18.4 Å². The highest BCUT2D eigenvalue weighted by molar-refractivity contribution is 7.14. The Morgan fingerprint density at radius 1 is 1.33 bits per heavy atom. The molecule has 2 heterocycles. The molecule has 0 radical (unpaired) electrons. The summed E-state index contributed by atoms with van der Waals surface area (Å²) >= 11 is 1.29. The molecule has 0 bridgehead atoms. The number of anilines is 1. The number of aromatic nitrogens is 1. The Hall–Kier alpha value is -2.41. The Balaban J connectivity index is 1.59. The lowest BCUT2D eigenvalue weighted by atomic mass is 9.97. The molecule has 3 rings (SSSR count). The van der Waals surface area contributed by atoms with Crippen molar-refractivity contribution in [2.45, 2.75) is 33.1 Å². The van der Waals surface area contributed by atoms with Crippen LogP contribution >= 0.6 is 11.3 Å². The van der Waals surface area contributed by atoms with Crippen molar-refractivity contribution in [1.82, 2.24) is 9.88 Å². The van der Waals surface area contributed by atoms with E-state index in [1.54, 1.807) is 17.5 Å². The number of nitrogens with one attached hydrogen (secondary N) is 1. The first kappa shape index (κ1) is 19.4. The fourth-order valence-electron chi connectivity index (χ4n) is 3.48. The highest BCUT2D eigenvalue weighted by atomic mass is 32.1. The molecule has 0 aliphatic carbocycles. The Labute approximate surface area is 163 Å². The summed E-state index contributed by atoms with van der Waals surface area (Å²) in [4.78, 5) is 31.2. The van der Waals surface area contributed by atoms with E-state index in [0.29, 0.717) is 28.2 Å². The number of hydrogen-bond acceptors (Lipinski definition) is 5. The minimum atomic E-state index is -0.339. The van der Waals surface area contributed by atoms with E-state index in [4.69, 9.17) is 0 Å². The molecule has 6 nitrogen and oxygen atoms in total. The third-order valence-electron chi connectivity index (χ3n) is 4.79. The summed E-state index contributed by atoms with van der Waals surface area (Å²) in [6.07, 6.45) is 2.45. The lowest BCUT2D eigenvalue weighted by molar-refractivity contribution is -0.130. The summed E-state index contributed by atoms with van der Waals surface area (Å²) in [5.74, 6) is 0.949. The number of phenolic OH excluding ortho intramolecular Hbond substituents is 1. The van der Waals surface area contributed by atoms with Crippen molar-refractivity contribution < 1.29 is 14.7 Å². The van der Waals surface area contributed by atoms with E-state index in [-0.39, 0.29) is 24.0 Å². The molecule has 0 unspecified atom stereocenters. The normalized spacial score (nSPS) is 20.1. The number of aromatic hydroxyl groups is 1. The third kappa shape index (κ3) is 5.29. The molecule has 1 fully saturated rings. The summed E-state index contributed by atoms with van der Waals surface area (Å²) in [7, 11) is 0. The van der Waals surface area contributed by atoms with Gasteiger partial charge in [-0.15, -0.1) is 11.3 Å². The number of amides is 2. The molecule has 7 heteroatoms. The zero-order valence-electron chi connectivity index (χ0n) is 15.6. The number of phenols is 1. The van der Waals surface area contributed by atoms with Crippen LogP contribution in [0.2, 0.25) is 0 Å². The summed E-state index contributed by atoms with van der Waals surface area (Å²) in [5.41, 5.74) is 1.02. The second-order valence-corrected chi connectivity index (χ2v) is 8.26. The van der Waals surface area contributed by atoms with E-state index >= 15 is 0 Å². The number of carbonyl (C=O) groups is 2. The van der Waals surface area contributed by atoms with Gasteiger partial charge < -0.3 is 10.0 Å². The van der Waals surface area contributed by atoms with E-state index in [1.807, 2.05) is 4.90 Å². The van der Waals surface area contributed by atoms with Crippen molar-refractivity contribution in [2.24, 2.45) is 11.8 Å². The SMILES string of the molecule is C[C@@H]1CCN(C(=O)Cc2csc(NC(=O)c3cccc(O)c3)n2)C[C@@H](C)C1. The van der Waals surface area contributed by atoms with Gasteiger partial charge in [-0.05, 0) is 42.9 Å². The summed E-state index contributed by atoms with van der Waals surface area (Å²) < 4.78 is 0. The maximum Gasteiger partial charge on any atom is 0.257 e. The second kappa shape index (κ2) is 8.52. The predicted octanol–water partition coefficient (Wildman–Crippen LogP) is 3.54. The van der Waals surface area contributed by atoms with Gasteiger partial charge in [-0.1, -0.05) is 19.9 Å². The standard InChI is InChI=1S/C20H25N3O3S/c1-13-6-7-23(11-14(2)8-13)18(25)10-16-12-27-20(21-16)22-19(26)15-4-3-5-17(24)9-15/h3-5,9,12-14,24H,6-8,10-11H2,1-2H3,(H,21,22,26)/t13-,14+/m1/s1. The van der Waals surface area contributed by atoms with Gasteiger partial charge in [0.2, 0.25) is 5.91 Å². The van der Waals surface area contributed by atoms with Gasteiger partial charge in [0.1, 0.15) is 5.75 Å². The van der Waals surface area contributed by atoms with Gasteiger partial charge in [-0.3, -0.25) is 14.9 Å². The van der Waals surface area contributed by atoms with Crippen molar-refractivity contribution in [3.8, 4) is 5.75 Å². The summed E-state index contributed by atoms with van der Waals surface area (Å²) in [6, 6.07) is 6.14. The van der Waals surface area contributed by atoms with Crippen molar-refractivity contribution in [3.63, 3.8) is 0 Å². The molecule has 0 saturated carbocycles. The van der Waals surface area contributed by atoms with Crippen LogP contribution in [0.3, 0.4) is 0 Å². The minimum Gasteiger partial charge on any atom is -0.508 e. The van der Waals surface area contributed by atoms with Crippen LogP contribution in [0.25, 0.3) is 0 Å². The van der Waals surface area contributed by atoms with Gasteiger partial charge in [0.05, 0.1) is 12.1 Å². The molecule has 1 aromatic carbocycles. The molecule has 2 amide bonds. The van der Waals surface area contributed by atoms with Crippen molar-refractivity contribution in [3.05, 3.63) is 40.9 Å². The number of nitrogens with zero attached hydrogens (tertiary/aromatic N) is 2. The van der Waals surface area contributed by atoms with Gasteiger partial charge in [-0.2, -0.15) is 0 Å². The van der Waals surface area contributed by atoms with Gasteiger partial charge in [0.25, 0.3) is 5.91 Å². The quantitative estimate of drug-likeness (QED) is 0.841. The minimum absolute atomic E-state index is 0.0362. The van der Waals surface area contributed by atoms with Crippen molar-refractivity contribution >= 4 is 28.3 Å². The van der Waals surface area contributed by atoms with Crippen LogP contribution in [-0.2, 0) is 11.2 Å². The molecule has 144 valence electrons. The number of thiazole rings is 1. The molecule has 2 atom stereocenters. The van der Waals surface area contributed by atoms with Gasteiger partial charge in [0.15, 0.2) is 5.13 Å². The number of benzene rings is 1. The maximum absolute atomic E-state index is 12.6. The van der Waals surface area contributed by atoms with Crippen LogP contribution in [0.5, 0.6) is 5.75 Å². The van der Waals surface area contributed by atoms with E-state index in [2.05, 4.69) is 24.1 Å². The van der Waals surface area contributed by atoms with E-state index in [1.165, 1.54) is 23.5 Å². The largest absolute Gasteiger partial charge is 0.508 e. The maximum atomic E-state index is 12.6. The Morgan fingerprint density at radius 2 is 2.15 bits per heavy atom. The van der Waals surface area contributed by atoms with Gasteiger partial charge >= 0.3 is 0 Å². The molecule has 1 aromatic heterocycles. The summed E-state index contributed by atoms with van der Waals surface area (Å²) in [5, 5.41) is 14.4. The van der Waals surface area contributed by atoms with Crippen LogP contribution in [-0.4, -0.2) is 39.9 Å². The first-order valence-corrected chi connectivity index (χ1v) is 10.1. The molecule has 0 spiro atoms. The van der Waals surface area contributed by atoms with E-state index in [9.17, 15) is 14.7 Å². The molecular formula is C20H25N3O3S. The average Bonchev–Trinajstić information content (AvgIpc) is 2.96. The molecule has 2 N–H and O–H groups in total. The van der Waals surface area contributed by atoms with Gasteiger partial charge in [-0.25, -0.2) is 4.98 Å². The number of rotatable bonds is 4. The van der Waals surface area contributed by atoms with Crippen LogP contribution in [0.4, 0.5) is 5.13 Å². The topological polar surface area (TPSA) is 82.5 Å². The zero-order valence-corrected chi connectivity index (χ0v) is 16.5. The second-order valence-electron chi connectivity index (χ2n) is 7.40. The number of carbonyl (C=O) groups excluding carboxylic acids is 2. The molecule has 27 heavy (non-hydrogen) atoms. The molecular weight excluding hydrogens is 362 g/mol. The molecule has 1 aliphatic rings. The highest BCUT2D eigenvalue weighted by Crippen LogP contribution is 2.23. The fourth-order valence-corrected chi connectivity index (χ4v) is 4.18. The van der Waals surface area contributed by atoms with Crippen LogP contribution in [0.15, 0.2) is 29.6 Å². The average molecular weight is 388 g/mol. The first-order valence-electron chi connectivity index (χ1n) is 9.23. The monoisotopic (exact) mass is 387 g/mol. The Kier molecular flexibility index (Phi) is 6.11. The molecule has 2 aromatic rings. The first-order chi connectivity index (χ1) is 12.9. The molecule has 1 aliphatic heterocycles. The predicted molar refractivity (Wildman–Crippen MR) is 106 cm³/mol. The Morgan fingerprint density at radius 3 is 2.93 bits per heavy atom. The molecule has 1 saturated heterocycles. The van der Waals surface area contributed by atoms with E-state index < -0.39 is 0 Å². The lowest BCUT2D eigenvalue weighted by Crippen LogP contribution is -2.35. The number of likely N-dealkylation sites (tertiary alicyclic amines) is 1. The summed E-state index contributed by atoms with van der Waals surface area (Å²) in [6.45, 7) is 6.04.